The van der Waals surface area contributed by atoms with Crippen LogP contribution in [-0.2, 0) is 18.6 Å². The van der Waals surface area contributed by atoms with E-state index in [1.54, 1.807) is 6.07 Å². The fourth-order valence-corrected chi connectivity index (χ4v) is 3.92. The minimum Gasteiger partial charge on any atom is -0.489 e. The lowest BCUT2D eigenvalue weighted by atomic mass is 9.87. The third kappa shape index (κ3) is 6.31. The first kappa shape index (κ1) is 24.6. The first-order valence-electron chi connectivity index (χ1n) is 11.6. The topological polar surface area (TPSA) is 56.1 Å². The largest absolute Gasteiger partial charge is 0.489 e. The zero-order valence-corrected chi connectivity index (χ0v) is 21.3. The lowest BCUT2D eigenvalue weighted by molar-refractivity contribution is 0.102. The van der Waals surface area contributed by atoms with Crippen LogP contribution in [0, 0.1) is 6.92 Å². The van der Waals surface area contributed by atoms with Crippen LogP contribution in [0.2, 0.25) is 5.02 Å². The van der Waals surface area contributed by atoms with Gasteiger partial charge in [-0.05, 0) is 59.4 Å². The number of nitrogens with one attached hydrogen (secondary N) is 1. The van der Waals surface area contributed by atoms with Crippen LogP contribution in [0.4, 0.5) is 5.82 Å². The van der Waals surface area contributed by atoms with Crippen LogP contribution in [0.15, 0.2) is 78.9 Å². The molecule has 1 amide bonds. The number of aromatic nitrogens is 2. The average molecular weight is 488 g/mol. The highest BCUT2D eigenvalue weighted by atomic mass is 35.5. The van der Waals surface area contributed by atoms with Crippen molar-refractivity contribution in [2.24, 2.45) is 0 Å². The number of carbonyl (C=O) groups excluding carboxylic acids is 1. The highest BCUT2D eigenvalue weighted by molar-refractivity contribution is 6.31. The normalized spacial score (nSPS) is 11.3. The molecular formula is C29H30ClN3O2. The molecule has 4 rings (SSSR count). The van der Waals surface area contributed by atoms with Crippen molar-refractivity contribution in [1.82, 2.24) is 9.78 Å². The first-order chi connectivity index (χ1) is 16.7. The second-order valence-corrected chi connectivity index (χ2v) is 10.0. The van der Waals surface area contributed by atoms with Crippen LogP contribution >= 0.6 is 11.6 Å². The Morgan fingerprint density at radius 2 is 1.74 bits per heavy atom. The molecule has 0 atom stereocenters. The van der Waals surface area contributed by atoms with Crippen LogP contribution in [-0.4, -0.2) is 15.7 Å². The number of halogens is 1. The van der Waals surface area contributed by atoms with Crippen molar-refractivity contribution in [2.45, 2.75) is 46.3 Å². The number of anilines is 1. The molecule has 180 valence electrons. The van der Waals surface area contributed by atoms with E-state index in [9.17, 15) is 4.79 Å². The van der Waals surface area contributed by atoms with Crippen molar-refractivity contribution in [1.29, 1.82) is 0 Å². The molecule has 0 aliphatic carbocycles. The van der Waals surface area contributed by atoms with E-state index < -0.39 is 0 Å². The van der Waals surface area contributed by atoms with Crippen LogP contribution < -0.4 is 10.1 Å². The standard InChI is InChI=1S/C29H30ClN3O2/c1-20-16-27(32-33(20)18-23-9-5-6-11-26(23)30)31-28(34)22-10-7-8-21(17-22)19-35-25-14-12-24(13-15-25)29(2,3)4/h5-17H,18-19H2,1-4H3,(H,31,32,34). The minimum atomic E-state index is -0.219. The summed E-state index contributed by atoms with van der Waals surface area (Å²) in [6.07, 6.45) is 0. The second kappa shape index (κ2) is 10.4. The smallest absolute Gasteiger partial charge is 0.256 e. The predicted molar refractivity (Wildman–Crippen MR) is 141 cm³/mol. The molecule has 0 saturated carbocycles. The van der Waals surface area contributed by atoms with E-state index in [1.807, 2.05) is 72.3 Å². The SMILES string of the molecule is Cc1cc(NC(=O)c2cccc(COc3ccc(C(C)(C)C)cc3)c2)nn1Cc1ccccc1Cl. The molecule has 3 aromatic carbocycles. The number of hydrogen-bond acceptors (Lipinski definition) is 3. The fraction of sp³-hybridized carbons (Fsp3) is 0.241. The van der Waals surface area contributed by atoms with Crippen LogP contribution in [0.1, 0.15) is 53.5 Å². The molecular weight excluding hydrogens is 458 g/mol. The second-order valence-electron chi connectivity index (χ2n) is 9.64. The first-order valence-corrected chi connectivity index (χ1v) is 12.0. The molecule has 6 heteroatoms. The summed E-state index contributed by atoms with van der Waals surface area (Å²) in [5, 5.41) is 8.12. The van der Waals surface area contributed by atoms with Crippen LogP contribution in [0.25, 0.3) is 0 Å². The fourth-order valence-electron chi connectivity index (χ4n) is 3.73. The van der Waals surface area contributed by atoms with Crippen molar-refractivity contribution in [2.75, 3.05) is 5.32 Å². The van der Waals surface area contributed by atoms with Crippen LogP contribution in [0.3, 0.4) is 0 Å². The van der Waals surface area contributed by atoms with E-state index in [2.05, 4.69) is 43.3 Å². The molecule has 1 N–H and O–H groups in total. The van der Waals surface area contributed by atoms with Crippen molar-refractivity contribution in [3.05, 3.63) is 112 Å². The molecule has 0 aliphatic rings. The molecule has 0 spiro atoms. The molecule has 1 heterocycles. The van der Waals surface area contributed by atoms with Crippen LogP contribution in [0.5, 0.6) is 5.75 Å². The summed E-state index contributed by atoms with van der Waals surface area (Å²) in [6.45, 7) is 9.41. The Kier molecular flexibility index (Phi) is 7.27. The monoisotopic (exact) mass is 487 g/mol. The van der Waals surface area contributed by atoms with Crippen molar-refractivity contribution >= 4 is 23.3 Å². The van der Waals surface area contributed by atoms with Gasteiger partial charge in [0.1, 0.15) is 12.4 Å². The van der Waals surface area contributed by atoms with Gasteiger partial charge in [0.05, 0.1) is 6.54 Å². The molecule has 35 heavy (non-hydrogen) atoms. The highest BCUT2D eigenvalue weighted by Gasteiger charge is 2.14. The van der Waals surface area contributed by atoms with Gasteiger partial charge in [-0.15, -0.1) is 0 Å². The molecule has 0 unspecified atom stereocenters. The Labute approximate surface area is 211 Å². The van der Waals surface area contributed by atoms with Crippen molar-refractivity contribution in [3.8, 4) is 5.75 Å². The molecule has 1 aromatic heterocycles. The lowest BCUT2D eigenvalue weighted by Gasteiger charge is -2.19. The number of ether oxygens (including phenoxy) is 1. The van der Waals surface area contributed by atoms with Gasteiger partial charge >= 0.3 is 0 Å². The maximum absolute atomic E-state index is 12.9. The number of benzene rings is 3. The number of aryl methyl sites for hydroxylation is 1. The summed E-state index contributed by atoms with van der Waals surface area (Å²) in [7, 11) is 0. The number of hydrogen-bond donors (Lipinski definition) is 1. The van der Waals surface area contributed by atoms with Gasteiger partial charge in [-0.2, -0.15) is 5.10 Å². The van der Waals surface area contributed by atoms with Crippen molar-refractivity contribution in [3.63, 3.8) is 0 Å². The Bertz CT molecular complexity index is 1320. The summed E-state index contributed by atoms with van der Waals surface area (Å²) in [6, 6.07) is 25.1. The maximum atomic E-state index is 12.9. The molecule has 0 bridgehead atoms. The Morgan fingerprint density at radius 1 is 1.00 bits per heavy atom. The maximum Gasteiger partial charge on any atom is 0.256 e. The Hall–Kier alpha value is -3.57. The van der Waals surface area contributed by atoms with Gasteiger partial charge in [0.2, 0.25) is 0 Å². The van der Waals surface area contributed by atoms with Gasteiger partial charge in [-0.1, -0.05) is 74.8 Å². The highest BCUT2D eigenvalue weighted by Crippen LogP contribution is 2.25. The van der Waals surface area contributed by atoms with E-state index in [1.165, 1.54) is 5.56 Å². The summed E-state index contributed by atoms with van der Waals surface area (Å²) < 4.78 is 7.77. The lowest BCUT2D eigenvalue weighted by Crippen LogP contribution is -2.13. The summed E-state index contributed by atoms with van der Waals surface area (Å²) in [5.41, 5.74) is 4.72. The summed E-state index contributed by atoms with van der Waals surface area (Å²) >= 11 is 6.28. The molecule has 0 fully saturated rings. The van der Waals surface area contributed by atoms with Gasteiger partial charge in [0, 0.05) is 22.3 Å². The van der Waals surface area contributed by atoms with Gasteiger partial charge in [0.25, 0.3) is 5.91 Å². The molecule has 0 aliphatic heterocycles. The van der Waals surface area contributed by atoms with E-state index >= 15 is 0 Å². The van der Waals surface area contributed by atoms with E-state index in [0.29, 0.717) is 29.6 Å². The zero-order chi connectivity index (χ0) is 25.0. The summed E-state index contributed by atoms with van der Waals surface area (Å²) in [4.78, 5) is 12.9. The van der Waals surface area contributed by atoms with Gasteiger partial charge in [-0.25, -0.2) is 0 Å². The van der Waals surface area contributed by atoms with E-state index in [4.69, 9.17) is 16.3 Å². The molecule has 4 aromatic rings. The average Bonchev–Trinajstić information content (AvgIpc) is 3.17. The van der Waals surface area contributed by atoms with E-state index in [0.717, 1.165) is 22.6 Å². The van der Waals surface area contributed by atoms with Gasteiger partial charge < -0.3 is 10.1 Å². The van der Waals surface area contributed by atoms with Crippen molar-refractivity contribution < 1.29 is 9.53 Å². The third-order valence-electron chi connectivity index (χ3n) is 5.82. The van der Waals surface area contributed by atoms with Gasteiger partial charge in [0.15, 0.2) is 5.82 Å². The predicted octanol–water partition coefficient (Wildman–Crippen LogP) is 7.02. The zero-order valence-electron chi connectivity index (χ0n) is 20.5. The minimum absolute atomic E-state index is 0.100. The molecule has 5 nitrogen and oxygen atoms in total. The Morgan fingerprint density at radius 3 is 2.46 bits per heavy atom. The Balaban J connectivity index is 1.39. The summed E-state index contributed by atoms with van der Waals surface area (Å²) in [5.74, 6) is 1.08. The van der Waals surface area contributed by atoms with Gasteiger partial charge in [-0.3, -0.25) is 9.48 Å². The molecule has 0 radical (unpaired) electrons. The number of amides is 1. The number of rotatable bonds is 7. The third-order valence-corrected chi connectivity index (χ3v) is 6.18. The number of nitrogens with zero attached hydrogens (tertiary/aromatic N) is 2. The molecule has 0 saturated heterocycles. The number of carbonyl (C=O) groups is 1. The van der Waals surface area contributed by atoms with E-state index in [-0.39, 0.29) is 11.3 Å². The quantitative estimate of drug-likeness (QED) is 0.304.